The van der Waals surface area contributed by atoms with Gasteiger partial charge in [-0.25, -0.2) is 0 Å². The summed E-state index contributed by atoms with van der Waals surface area (Å²) in [7, 11) is 2.92. The average molecular weight is 442 g/mol. The lowest BCUT2D eigenvalue weighted by Gasteiger charge is -2.11. The van der Waals surface area contributed by atoms with Gasteiger partial charge in [-0.05, 0) is 61.9 Å². The summed E-state index contributed by atoms with van der Waals surface area (Å²) in [5.41, 5.74) is 3.98. The van der Waals surface area contributed by atoms with Crippen molar-refractivity contribution in [1.82, 2.24) is 9.78 Å². The number of benzene rings is 2. The van der Waals surface area contributed by atoms with Gasteiger partial charge < -0.3 is 14.2 Å². The highest BCUT2D eigenvalue weighted by Gasteiger charge is 2.13. The second kappa shape index (κ2) is 10.1. The Bertz CT molecular complexity index is 1140. The summed E-state index contributed by atoms with van der Waals surface area (Å²) in [5, 5.41) is 4.49. The van der Waals surface area contributed by atoms with Crippen LogP contribution in [0, 0.1) is 13.8 Å². The number of ketones is 1. The van der Waals surface area contributed by atoms with E-state index in [9.17, 15) is 13.6 Å². The zero-order valence-corrected chi connectivity index (χ0v) is 18.3. The molecule has 1 aromatic heterocycles. The van der Waals surface area contributed by atoms with Gasteiger partial charge in [0.05, 0.1) is 26.5 Å². The third-order valence-corrected chi connectivity index (χ3v) is 4.82. The summed E-state index contributed by atoms with van der Waals surface area (Å²) in [6.45, 7) is 1.47. The normalized spacial score (nSPS) is 11.2. The van der Waals surface area contributed by atoms with Crippen molar-refractivity contribution in [3.8, 4) is 17.2 Å². The van der Waals surface area contributed by atoms with Crippen LogP contribution in [0.1, 0.15) is 32.9 Å². The highest BCUT2D eigenvalue weighted by Crippen LogP contribution is 2.30. The quantitative estimate of drug-likeness (QED) is 0.342. The summed E-state index contributed by atoms with van der Waals surface area (Å²) in [6, 6.07) is 11.7. The largest absolute Gasteiger partial charge is 0.496 e. The number of halogens is 2. The van der Waals surface area contributed by atoms with Crippen molar-refractivity contribution in [3.63, 3.8) is 0 Å². The Hall–Kier alpha value is -3.68. The molecule has 0 aliphatic rings. The number of ether oxygens (including phenoxy) is 3. The molecule has 0 radical (unpaired) electrons. The van der Waals surface area contributed by atoms with E-state index in [0.717, 1.165) is 28.3 Å². The summed E-state index contributed by atoms with van der Waals surface area (Å²) >= 11 is 0. The Morgan fingerprint density at radius 3 is 2.38 bits per heavy atom. The van der Waals surface area contributed by atoms with E-state index >= 15 is 0 Å². The number of aromatic nitrogens is 2. The fourth-order valence-corrected chi connectivity index (χ4v) is 3.30. The number of hydrogen-bond donors (Lipinski definition) is 0. The predicted octanol–water partition coefficient (Wildman–Crippen LogP) is 5.06. The molecule has 0 aliphatic heterocycles. The van der Waals surface area contributed by atoms with Crippen LogP contribution in [0.5, 0.6) is 17.2 Å². The summed E-state index contributed by atoms with van der Waals surface area (Å²) in [5.74, 6) is 0.344. The smallest absolute Gasteiger partial charge is 0.387 e. The van der Waals surface area contributed by atoms with E-state index in [1.807, 2.05) is 42.8 Å². The molecule has 0 bridgehead atoms. The van der Waals surface area contributed by atoms with Gasteiger partial charge in [0.2, 0.25) is 0 Å². The van der Waals surface area contributed by atoms with Gasteiger partial charge in [0, 0.05) is 16.8 Å². The molecule has 0 aliphatic carbocycles. The first-order valence-corrected chi connectivity index (χ1v) is 9.84. The summed E-state index contributed by atoms with van der Waals surface area (Å²) < 4.78 is 41.8. The minimum Gasteiger partial charge on any atom is -0.496 e. The molecule has 0 N–H and O–H groups in total. The second-order valence-electron chi connectivity index (χ2n) is 7.10. The standard InChI is InChI=1S/C24H24F2N2O4/c1-15-11-16(2)28(27-15)14-19-12-17(6-9-21(19)30-3)5-8-20(29)18-7-10-22(32-24(25)26)23(13-18)31-4/h5-13,24H,14H2,1-4H3/b8-5+. The number of carbonyl (C=O) groups is 1. The Morgan fingerprint density at radius 2 is 1.75 bits per heavy atom. The lowest BCUT2D eigenvalue weighted by molar-refractivity contribution is -0.0512. The topological polar surface area (TPSA) is 62.6 Å². The molecule has 1 heterocycles. The third kappa shape index (κ3) is 5.51. The maximum absolute atomic E-state index is 12.6. The monoisotopic (exact) mass is 442 g/mol. The lowest BCUT2D eigenvalue weighted by atomic mass is 10.1. The van der Waals surface area contributed by atoms with Crippen LogP contribution in [-0.4, -0.2) is 36.4 Å². The number of alkyl halides is 2. The maximum Gasteiger partial charge on any atom is 0.387 e. The molecule has 0 spiro atoms. The average Bonchev–Trinajstić information content (AvgIpc) is 3.08. The van der Waals surface area contributed by atoms with E-state index in [2.05, 4.69) is 9.84 Å². The first kappa shape index (κ1) is 23.0. The number of hydrogen-bond acceptors (Lipinski definition) is 5. The van der Waals surface area contributed by atoms with E-state index in [-0.39, 0.29) is 22.8 Å². The number of aryl methyl sites for hydroxylation is 2. The maximum atomic E-state index is 12.6. The van der Waals surface area contributed by atoms with Crippen molar-refractivity contribution in [1.29, 1.82) is 0 Å². The van der Waals surface area contributed by atoms with Crippen LogP contribution in [0.3, 0.4) is 0 Å². The van der Waals surface area contributed by atoms with Crippen molar-refractivity contribution in [2.75, 3.05) is 14.2 Å². The van der Waals surface area contributed by atoms with Gasteiger partial charge in [-0.15, -0.1) is 0 Å². The summed E-state index contributed by atoms with van der Waals surface area (Å²) in [4.78, 5) is 12.6. The van der Waals surface area contributed by atoms with Crippen LogP contribution in [0.25, 0.3) is 6.08 Å². The molecule has 0 fully saturated rings. The SMILES string of the molecule is COc1ccc(/C=C/C(=O)c2ccc(OC(F)F)c(OC)c2)cc1Cn1nc(C)cc1C. The van der Waals surface area contributed by atoms with Gasteiger partial charge in [0.25, 0.3) is 0 Å². The molecule has 168 valence electrons. The molecular weight excluding hydrogens is 418 g/mol. The number of methoxy groups -OCH3 is 2. The number of allylic oxidation sites excluding steroid dienone is 1. The zero-order chi connectivity index (χ0) is 23.3. The summed E-state index contributed by atoms with van der Waals surface area (Å²) in [6.07, 6.45) is 3.10. The van der Waals surface area contributed by atoms with Gasteiger partial charge in [-0.2, -0.15) is 13.9 Å². The van der Waals surface area contributed by atoms with Crippen LogP contribution in [0.15, 0.2) is 48.5 Å². The van der Waals surface area contributed by atoms with Gasteiger partial charge in [-0.3, -0.25) is 9.48 Å². The number of carbonyl (C=O) groups excluding carboxylic acids is 1. The molecular formula is C24H24F2N2O4. The molecule has 0 atom stereocenters. The Balaban J connectivity index is 1.81. The zero-order valence-electron chi connectivity index (χ0n) is 18.3. The van der Waals surface area contributed by atoms with Crippen molar-refractivity contribution in [2.24, 2.45) is 0 Å². The molecule has 6 nitrogen and oxygen atoms in total. The molecule has 2 aromatic carbocycles. The third-order valence-electron chi connectivity index (χ3n) is 4.82. The number of rotatable bonds is 9. The van der Waals surface area contributed by atoms with Crippen LogP contribution in [0.2, 0.25) is 0 Å². The van der Waals surface area contributed by atoms with Gasteiger partial charge in [-0.1, -0.05) is 12.1 Å². The highest BCUT2D eigenvalue weighted by atomic mass is 19.3. The predicted molar refractivity (Wildman–Crippen MR) is 117 cm³/mol. The first-order chi connectivity index (χ1) is 15.3. The fraction of sp³-hybridized carbons (Fsp3) is 0.250. The molecule has 0 unspecified atom stereocenters. The number of nitrogens with zero attached hydrogens (tertiary/aromatic N) is 2. The van der Waals surface area contributed by atoms with Crippen molar-refractivity contribution < 1.29 is 27.8 Å². The van der Waals surface area contributed by atoms with Crippen LogP contribution in [0.4, 0.5) is 8.78 Å². The Labute approximate surface area is 185 Å². The van der Waals surface area contributed by atoms with E-state index in [1.165, 1.54) is 31.4 Å². The van der Waals surface area contributed by atoms with Gasteiger partial charge in [0.15, 0.2) is 17.3 Å². The van der Waals surface area contributed by atoms with Crippen molar-refractivity contribution >= 4 is 11.9 Å². The lowest BCUT2D eigenvalue weighted by Crippen LogP contribution is -2.06. The molecule has 3 aromatic rings. The van der Waals surface area contributed by atoms with Crippen LogP contribution >= 0.6 is 0 Å². The Morgan fingerprint density at radius 1 is 1.03 bits per heavy atom. The van der Waals surface area contributed by atoms with Gasteiger partial charge in [0.1, 0.15) is 5.75 Å². The molecule has 0 amide bonds. The van der Waals surface area contributed by atoms with E-state index < -0.39 is 6.61 Å². The second-order valence-corrected chi connectivity index (χ2v) is 7.10. The van der Waals surface area contributed by atoms with Gasteiger partial charge >= 0.3 is 6.61 Å². The molecule has 0 saturated heterocycles. The molecule has 32 heavy (non-hydrogen) atoms. The van der Waals surface area contributed by atoms with Crippen LogP contribution < -0.4 is 14.2 Å². The van der Waals surface area contributed by atoms with E-state index in [4.69, 9.17) is 9.47 Å². The van der Waals surface area contributed by atoms with Crippen molar-refractivity contribution in [2.45, 2.75) is 27.0 Å². The van der Waals surface area contributed by atoms with E-state index in [1.54, 1.807) is 13.2 Å². The minimum absolute atomic E-state index is 0.0566. The van der Waals surface area contributed by atoms with Crippen molar-refractivity contribution in [3.05, 3.63) is 76.6 Å². The minimum atomic E-state index is -2.98. The Kier molecular flexibility index (Phi) is 7.25. The first-order valence-electron chi connectivity index (χ1n) is 9.84. The molecule has 3 rings (SSSR count). The molecule has 0 saturated carbocycles. The fourth-order valence-electron chi connectivity index (χ4n) is 3.30. The molecule has 8 heteroatoms. The highest BCUT2D eigenvalue weighted by molar-refractivity contribution is 6.07. The van der Waals surface area contributed by atoms with Crippen LogP contribution in [-0.2, 0) is 6.54 Å². The van der Waals surface area contributed by atoms with E-state index in [0.29, 0.717) is 6.54 Å².